The number of nitrogens with zero attached hydrogens (tertiary/aromatic N) is 1. The van der Waals surface area contributed by atoms with Crippen LogP contribution in [-0.4, -0.2) is 23.3 Å². The average Bonchev–Trinajstić information content (AvgIpc) is 2.78. The molecule has 32 heavy (non-hydrogen) atoms. The Morgan fingerprint density at radius 1 is 1.00 bits per heavy atom. The lowest BCUT2D eigenvalue weighted by atomic mass is 10.0. The summed E-state index contributed by atoms with van der Waals surface area (Å²) in [4.78, 5) is 13.4. The van der Waals surface area contributed by atoms with E-state index in [2.05, 4.69) is 5.32 Å². The van der Waals surface area contributed by atoms with E-state index < -0.39 is 17.8 Å². The molecule has 0 radical (unpaired) electrons. The van der Waals surface area contributed by atoms with Gasteiger partial charge in [-0.15, -0.1) is 0 Å². The standard InChI is InChI=1S/C24H22F4N2OS/c1-16(30(2)32-22-12-10-21(25)11-13-22)23(31)29-15-17-4-3-5-19(14-17)18-6-8-20(9-7-18)24(26,27)28/h3-14,16H,15H2,1-2H3,(H,29,31). The second-order valence-electron chi connectivity index (χ2n) is 7.26. The van der Waals surface area contributed by atoms with Gasteiger partial charge >= 0.3 is 6.18 Å². The van der Waals surface area contributed by atoms with Gasteiger partial charge in [-0.05, 0) is 85.1 Å². The Balaban J connectivity index is 1.59. The van der Waals surface area contributed by atoms with Crippen LogP contribution < -0.4 is 5.32 Å². The zero-order valence-corrected chi connectivity index (χ0v) is 18.3. The SMILES string of the molecule is CC(C(=O)NCc1cccc(-c2ccc(C(F)(F)F)cc2)c1)N(C)Sc1ccc(F)cc1. The Morgan fingerprint density at radius 3 is 2.28 bits per heavy atom. The molecule has 0 bridgehead atoms. The average molecular weight is 463 g/mol. The highest BCUT2D eigenvalue weighted by Crippen LogP contribution is 2.31. The molecule has 8 heteroatoms. The van der Waals surface area contributed by atoms with Gasteiger partial charge in [-0.3, -0.25) is 4.79 Å². The fourth-order valence-corrected chi connectivity index (χ4v) is 3.80. The number of carbonyl (C=O) groups is 1. The van der Waals surface area contributed by atoms with Crippen molar-refractivity contribution in [1.82, 2.24) is 9.62 Å². The molecule has 3 aromatic carbocycles. The van der Waals surface area contributed by atoms with Crippen LogP contribution in [0.2, 0.25) is 0 Å². The topological polar surface area (TPSA) is 32.3 Å². The van der Waals surface area contributed by atoms with E-state index in [1.807, 2.05) is 18.2 Å². The van der Waals surface area contributed by atoms with Crippen LogP contribution >= 0.6 is 11.9 Å². The fraction of sp³-hybridized carbons (Fsp3) is 0.208. The van der Waals surface area contributed by atoms with Crippen molar-refractivity contribution in [3.63, 3.8) is 0 Å². The first-order chi connectivity index (χ1) is 15.1. The summed E-state index contributed by atoms with van der Waals surface area (Å²) in [5.41, 5.74) is 1.57. The van der Waals surface area contributed by atoms with Gasteiger partial charge in [0.2, 0.25) is 5.91 Å². The van der Waals surface area contributed by atoms with Gasteiger partial charge in [-0.2, -0.15) is 13.2 Å². The first kappa shape index (κ1) is 23.8. The summed E-state index contributed by atoms with van der Waals surface area (Å²) >= 11 is 1.34. The van der Waals surface area contributed by atoms with Gasteiger partial charge < -0.3 is 5.32 Å². The molecule has 3 aromatic rings. The maximum Gasteiger partial charge on any atom is 0.416 e. The maximum atomic E-state index is 13.0. The van der Waals surface area contributed by atoms with E-state index in [1.54, 1.807) is 36.5 Å². The number of rotatable bonds is 7. The van der Waals surface area contributed by atoms with Crippen molar-refractivity contribution < 1.29 is 22.4 Å². The number of likely N-dealkylation sites (N-methyl/N-ethyl adjacent to an activating group) is 1. The molecule has 0 aliphatic rings. The monoisotopic (exact) mass is 462 g/mol. The lowest BCUT2D eigenvalue weighted by Gasteiger charge is -2.22. The molecule has 0 fully saturated rings. The third kappa shape index (κ3) is 6.34. The van der Waals surface area contributed by atoms with Crippen LogP contribution in [0.15, 0.2) is 77.7 Å². The highest BCUT2D eigenvalue weighted by molar-refractivity contribution is 7.97. The summed E-state index contributed by atoms with van der Waals surface area (Å²) < 4.78 is 53.1. The van der Waals surface area contributed by atoms with Crippen LogP contribution in [0.4, 0.5) is 17.6 Å². The number of amides is 1. The van der Waals surface area contributed by atoms with Gasteiger partial charge in [-0.25, -0.2) is 8.70 Å². The van der Waals surface area contributed by atoms with Crippen molar-refractivity contribution in [3.8, 4) is 11.1 Å². The molecule has 0 saturated heterocycles. The predicted molar refractivity (Wildman–Crippen MR) is 118 cm³/mol. The molecule has 1 N–H and O–H groups in total. The van der Waals surface area contributed by atoms with E-state index in [9.17, 15) is 22.4 Å². The molecule has 1 unspecified atom stereocenters. The predicted octanol–water partition coefficient (Wildman–Crippen LogP) is 6.16. The van der Waals surface area contributed by atoms with Crippen molar-refractivity contribution >= 4 is 17.9 Å². The van der Waals surface area contributed by atoms with Gasteiger partial charge in [-0.1, -0.05) is 30.3 Å². The minimum absolute atomic E-state index is 0.179. The third-order valence-electron chi connectivity index (χ3n) is 4.93. The smallest absolute Gasteiger partial charge is 0.351 e. The summed E-state index contributed by atoms with van der Waals surface area (Å²) in [5, 5.41) is 2.88. The van der Waals surface area contributed by atoms with Crippen LogP contribution in [0.5, 0.6) is 0 Å². The van der Waals surface area contributed by atoms with Crippen LogP contribution in [0.25, 0.3) is 11.1 Å². The summed E-state index contributed by atoms with van der Waals surface area (Å²) in [5.74, 6) is -0.497. The summed E-state index contributed by atoms with van der Waals surface area (Å²) in [7, 11) is 1.78. The van der Waals surface area contributed by atoms with Gasteiger partial charge in [0.05, 0.1) is 11.6 Å². The molecule has 3 nitrogen and oxygen atoms in total. The molecule has 3 rings (SSSR count). The van der Waals surface area contributed by atoms with Gasteiger partial charge in [0.15, 0.2) is 0 Å². The molecule has 168 valence electrons. The van der Waals surface area contributed by atoms with E-state index in [1.165, 1.54) is 36.2 Å². The van der Waals surface area contributed by atoms with Crippen molar-refractivity contribution in [2.75, 3.05) is 7.05 Å². The first-order valence-electron chi connectivity index (χ1n) is 9.84. The second kappa shape index (κ2) is 10.2. The van der Waals surface area contributed by atoms with Crippen molar-refractivity contribution in [2.24, 2.45) is 0 Å². The van der Waals surface area contributed by atoms with Crippen molar-refractivity contribution in [3.05, 3.63) is 89.7 Å². The molecular formula is C24H22F4N2OS. The number of nitrogens with one attached hydrogen (secondary N) is 1. The number of benzene rings is 3. The van der Waals surface area contributed by atoms with Gasteiger partial charge in [0.25, 0.3) is 0 Å². The lowest BCUT2D eigenvalue weighted by molar-refractivity contribution is -0.137. The Labute approximate surface area is 188 Å². The van der Waals surface area contributed by atoms with Crippen LogP contribution in [-0.2, 0) is 17.5 Å². The molecule has 0 aromatic heterocycles. The third-order valence-corrected chi connectivity index (χ3v) is 6.01. The highest BCUT2D eigenvalue weighted by atomic mass is 32.2. The lowest BCUT2D eigenvalue weighted by Crippen LogP contribution is -2.40. The van der Waals surface area contributed by atoms with Crippen LogP contribution in [0, 0.1) is 5.82 Å². The fourth-order valence-electron chi connectivity index (χ4n) is 2.96. The summed E-state index contributed by atoms with van der Waals surface area (Å²) in [6, 6.07) is 17.9. The molecule has 0 aliphatic heterocycles. The maximum absolute atomic E-state index is 13.0. The molecule has 1 atom stereocenters. The minimum atomic E-state index is -4.37. The van der Waals surface area contributed by atoms with E-state index >= 15 is 0 Å². The Bertz CT molecular complexity index is 1050. The van der Waals surface area contributed by atoms with Crippen molar-refractivity contribution in [1.29, 1.82) is 0 Å². The minimum Gasteiger partial charge on any atom is -0.351 e. The zero-order valence-electron chi connectivity index (χ0n) is 17.5. The Kier molecular flexibility index (Phi) is 7.58. The Hall–Kier alpha value is -2.84. The molecule has 0 spiro atoms. The molecule has 0 aliphatic carbocycles. The quantitative estimate of drug-likeness (QED) is 0.337. The van der Waals surface area contributed by atoms with Crippen LogP contribution in [0.1, 0.15) is 18.1 Å². The number of alkyl halides is 3. The largest absolute Gasteiger partial charge is 0.416 e. The highest BCUT2D eigenvalue weighted by Gasteiger charge is 2.30. The second-order valence-corrected chi connectivity index (χ2v) is 8.49. The summed E-state index contributed by atoms with van der Waals surface area (Å²) in [6.07, 6.45) is -4.37. The van der Waals surface area contributed by atoms with E-state index in [-0.39, 0.29) is 18.3 Å². The summed E-state index contributed by atoms with van der Waals surface area (Å²) in [6.45, 7) is 2.05. The Morgan fingerprint density at radius 2 is 1.66 bits per heavy atom. The molecular weight excluding hydrogens is 440 g/mol. The van der Waals surface area contributed by atoms with Gasteiger partial charge in [0.1, 0.15) is 5.82 Å². The zero-order chi connectivity index (χ0) is 23.3. The van der Waals surface area contributed by atoms with Crippen molar-refractivity contribution in [2.45, 2.75) is 30.6 Å². The molecule has 0 heterocycles. The van der Waals surface area contributed by atoms with Crippen LogP contribution in [0.3, 0.4) is 0 Å². The van der Waals surface area contributed by atoms with E-state index in [0.717, 1.165) is 28.2 Å². The molecule has 1 amide bonds. The number of hydrogen-bond acceptors (Lipinski definition) is 3. The van der Waals surface area contributed by atoms with E-state index in [0.29, 0.717) is 5.56 Å². The van der Waals surface area contributed by atoms with E-state index in [4.69, 9.17) is 0 Å². The van der Waals surface area contributed by atoms with Gasteiger partial charge in [0, 0.05) is 11.4 Å². The first-order valence-corrected chi connectivity index (χ1v) is 10.6. The number of hydrogen-bond donors (Lipinski definition) is 1. The molecule has 0 saturated carbocycles. The number of halogens is 4. The number of carbonyl (C=O) groups excluding carboxylic acids is 1. The normalized spacial score (nSPS) is 12.6.